The summed E-state index contributed by atoms with van der Waals surface area (Å²) in [6, 6.07) is 0. The van der Waals surface area contributed by atoms with Crippen molar-refractivity contribution < 1.29 is 23.9 Å². The molecule has 0 aliphatic heterocycles. The molecule has 0 aromatic heterocycles. The third-order valence-electron chi connectivity index (χ3n) is 3.01. The SMILES string of the molecule is CCC(=O)C(CC)(CC(=O)OC)CC(=O)OC. The lowest BCUT2D eigenvalue weighted by atomic mass is 9.74. The summed E-state index contributed by atoms with van der Waals surface area (Å²) in [5.41, 5.74) is -0.991. The first kappa shape index (κ1) is 15.6. The molecule has 5 nitrogen and oxygen atoms in total. The number of hydrogen-bond acceptors (Lipinski definition) is 5. The van der Waals surface area contributed by atoms with E-state index in [-0.39, 0.29) is 25.0 Å². The molecule has 0 aromatic rings. The summed E-state index contributed by atoms with van der Waals surface area (Å²) in [6.45, 7) is 3.49. The first-order chi connectivity index (χ1) is 7.95. The number of carbonyl (C=O) groups excluding carboxylic acids is 3. The van der Waals surface area contributed by atoms with E-state index in [9.17, 15) is 14.4 Å². The van der Waals surface area contributed by atoms with Crippen LogP contribution in [-0.2, 0) is 23.9 Å². The van der Waals surface area contributed by atoms with Gasteiger partial charge in [-0.1, -0.05) is 13.8 Å². The largest absolute Gasteiger partial charge is 0.469 e. The number of rotatable bonds is 7. The Kier molecular flexibility index (Phi) is 6.46. The second-order valence-corrected chi connectivity index (χ2v) is 3.92. The van der Waals surface area contributed by atoms with Gasteiger partial charge in [-0.2, -0.15) is 0 Å². The molecule has 0 aliphatic rings. The molecule has 0 N–H and O–H groups in total. The molecule has 17 heavy (non-hydrogen) atoms. The van der Waals surface area contributed by atoms with Crippen molar-refractivity contribution in [3.05, 3.63) is 0 Å². The summed E-state index contributed by atoms with van der Waals surface area (Å²) in [4.78, 5) is 34.7. The van der Waals surface area contributed by atoms with Gasteiger partial charge in [-0.3, -0.25) is 14.4 Å². The zero-order valence-corrected chi connectivity index (χ0v) is 10.9. The molecule has 0 aliphatic carbocycles. The molecule has 0 radical (unpaired) electrons. The maximum atomic E-state index is 12.0. The second kappa shape index (κ2) is 7.04. The van der Waals surface area contributed by atoms with Crippen LogP contribution in [-0.4, -0.2) is 31.9 Å². The molecule has 98 valence electrons. The van der Waals surface area contributed by atoms with Crippen LogP contribution in [0.1, 0.15) is 39.5 Å². The van der Waals surface area contributed by atoms with E-state index in [4.69, 9.17) is 0 Å². The van der Waals surface area contributed by atoms with Crippen molar-refractivity contribution >= 4 is 17.7 Å². The topological polar surface area (TPSA) is 69.7 Å². The Labute approximate surface area is 101 Å². The lowest BCUT2D eigenvalue weighted by Gasteiger charge is -2.28. The monoisotopic (exact) mass is 244 g/mol. The number of carbonyl (C=O) groups is 3. The summed E-state index contributed by atoms with van der Waals surface area (Å²) in [5, 5.41) is 0. The first-order valence-electron chi connectivity index (χ1n) is 5.62. The second-order valence-electron chi connectivity index (χ2n) is 3.92. The van der Waals surface area contributed by atoms with Crippen molar-refractivity contribution in [2.24, 2.45) is 5.41 Å². The normalized spacial score (nSPS) is 10.8. The van der Waals surface area contributed by atoms with Gasteiger partial charge in [-0.05, 0) is 6.42 Å². The van der Waals surface area contributed by atoms with E-state index in [0.29, 0.717) is 6.42 Å². The third kappa shape index (κ3) is 4.17. The van der Waals surface area contributed by atoms with Gasteiger partial charge in [0.1, 0.15) is 5.78 Å². The molecule has 0 unspecified atom stereocenters. The lowest BCUT2D eigenvalue weighted by molar-refractivity contribution is -0.153. The van der Waals surface area contributed by atoms with Gasteiger partial charge < -0.3 is 9.47 Å². The standard InChI is InChI=1S/C12H20O5/c1-5-9(13)12(6-2,7-10(14)16-3)8-11(15)17-4/h5-8H2,1-4H3. The van der Waals surface area contributed by atoms with Crippen LogP contribution in [0.2, 0.25) is 0 Å². The zero-order valence-electron chi connectivity index (χ0n) is 10.9. The fourth-order valence-corrected chi connectivity index (χ4v) is 1.78. The van der Waals surface area contributed by atoms with E-state index in [2.05, 4.69) is 9.47 Å². The van der Waals surface area contributed by atoms with Crippen LogP contribution >= 0.6 is 0 Å². The summed E-state index contributed by atoms with van der Waals surface area (Å²) < 4.78 is 9.15. The average molecular weight is 244 g/mol. The van der Waals surface area contributed by atoms with Crippen LogP contribution in [0.5, 0.6) is 0 Å². The molecule has 0 rings (SSSR count). The molecular formula is C12H20O5. The van der Waals surface area contributed by atoms with Gasteiger partial charge in [-0.25, -0.2) is 0 Å². The molecule has 0 heterocycles. The maximum absolute atomic E-state index is 12.0. The highest BCUT2D eigenvalue weighted by atomic mass is 16.5. The summed E-state index contributed by atoms with van der Waals surface area (Å²) in [5.74, 6) is -1.09. The maximum Gasteiger partial charge on any atom is 0.306 e. The molecule has 0 amide bonds. The number of hydrogen-bond donors (Lipinski definition) is 0. The quantitative estimate of drug-likeness (QED) is 0.634. The molecule has 0 aromatic carbocycles. The first-order valence-corrected chi connectivity index (χ1v) is 5.62. The van der Waals surface area contributed by atoms with Gasteiger partial charge in [0.25, 0.3) is 0 Å². The number of esters is 2. The van der Waals surface area contributed by atoms with Crippen molar-refractivity contribution in [1.82, 2.24) is 0 Å². The van der Waals surface area contributed by atoms with Crippen molar-refractivity contribution in [2.75, 3.05) is 14.2 Å². The molecule has 0 saturated carbocycles. The zero-order chi connectivity index (χ0) is 13.5. The predicted molar refractivity (Wildman–Crippen MR) is 61.3 cm³/mol. The van der Waals surface area contributed by atoms with Gasteiger partial charge in [-0.15, -0.1) is 0 Å². The minimum Gasteiger partial charge on any atom is -0.469 e. The molecule has 0 atom stereocenters. The highest BCUT2D eigenvalue weighted by molar-refractivity contribution is 5.92. The van der Waals surface area contributed by atoms with Crippen LogP contribution in [0.15, 0.2) is 0 Å². The molecular weight excluding hydrogens is 224 g/mol. The molecule has 0 saturated heterocycles. The van der Waals surface area contributed by atoms with Crippen LogP contribution in [0.3, 0.4) is 0 Å². The minimum absolute atomic E-state index is 0.0816. The van der Waals surface area contributed by atoms with Gasteiger partial charge in [0.05, 0.1) is 27.1 Å². The van der Waals surface area contributed by atoms with E-state index in [1.54, 1.807) is 13.8 Å². The van der Waals surface area contributed by atoms with Crippen LogP contribution in [0.25, 0.3) is 0 Å². The Balaban J connectivity index is 5.06. The molecule has 0 spiro atoms. The van der Waals surface area contributed by atoms with Gasteiger partial charge >= 0.3 is 11.9 Å². The number of methoxy groups -OCH3 is 2. The summed E-state index contributed by atoms with van der Waals surface area (Å²) in [7, 11) is 2.52. The van der Waals surface area contributed by atoms with Crippen molar-refractivity contribution in [3.8, 4) is 0 Å². The van der Waals surface area contributed by atoms with E-state index in [0.717, 1.165) is 0 Å². The lowest BCUT2D eigenvalue weighted by Crippen LogP contribution is -2.36. The fraction of sp³-hybridized carbons (Fsp3) is 0.750. The van der Waals surface area contributed by atoms with Crippen molar-refractivity contribution in [1.29, 1.82) is 0 Å². The molecule has 0 bridgehead atoms. The predicted octanol–water partition coefficient (Wildman–Crippen LogP) is 1.49. The summed E-state index contributed by atoms with van der Waals surface area (Å²) >= 11 is 0. The van der Waals surface area contributed by atoms with E-state index in [1.165, 1.54) is 14.2 Å². The van der Waals surface area contributed by atoms with Gasteiger partial charge in [0, 0.05) is 11.8 Å². The van der Waals surface area contributed by atoms with Crippen LogP contribution < -0.4 is 0 Å². The summed E-state index contributed by atoms with van der Waals surface area (Å²) in [6.07, 6.45) is 0.523. The van der Waals surface area contributed by atoms with E-state index < -0.39 is 17.4 Å². The average Bonchev–Trinajstić information content (AvgIpc) is 2.36. The Hall–Kier alpha value is -1.39. The van der Waals surface area contributed by atoms with E-state index in [1.807, 2.05) is 0 Å². The van der Waals surface area contributed by atoms with Crippen molar-refractivity contribution in [2.45, 2.75) is 39.5 Å². The smallest absolute Gasteiger partial charge is 0.306 e. The van der Waals surface area contributed by atoms with Crippen LogP contribution in [0, 0.1) is 5.41 Å². The van der Waals surface area contributed by atoms with Crippen LogP contribution in [0.4, 0.5) is 0 Å². The number of Topliss-reactive ketones (excluding diaryl/α,β-unsaturated/α-hetero) is 1. The van der Waals surface area contributed by atoms with Gasteiger partial charge in [0.15, 0.2) is 0 Å². The molecule has 0 fully saturated rings. The third-order valence-corrected chi connectivity index (χ3v) is 3.01. The highest BCUT2D eigenvalue weighted by Crippen LogP contribution is 2.34. The number of ether oxygens (including phenoxy) is 2. The Morgan fingerprint density at radius 2 is 1.35 bits per heavy atom. The molecule has 5 heteroatoms. The Bertz CT molecular complexity index is 277. The Morgan fingerprint density at radius 3 is 1.59 bits per heavy atom. The van der Waals surface area contributed by atoms with Gasteiger partial charge in [0.2, 0.25) is 0 Å². The van der Waals surface area contributed by atoms with Crippen molar-refractivity contribution in [3.63, 3.8) is 0 Å². The fourth-order valence-electron chi connectivity index (χ4n) is 1.78. The number of ketones is 1. The Morgan fingerprint density at radius 1 is 0.941 bits per heavy atom. The minimum atomic E-state index is -0.991. The highest BCUT2D eigenvalue weighted by Gasteiger charge is 2.40. The van der Waals surface area contributed by atoms with E-state index >= 15 is 0 Å².